The zero-order valence-electron chi connectivity index (χ0n) is 18.4. The minimum absolute atomic E-state index is 0.0524. The highest BCUT2D eigenvalue weighted by Gasteiger charge is 2.39. The maximum atomic E-state index is 13.9. The standard InChI is InChI=1S/C22H24F5N3O2S/c1-13-17(20(31)29-15-6-4-7-16(12-15)33(3)32)19(28-14(2)18(13)22(25,26)27)30-10-5-8-21(23,24)9-11-30/h4,6-7,12H,5,8-11H2,1-3H3,(H,29,31). The van der Waals surface area contributed by atoms with Gasteiger partial charge in [-0.25, -0.2) is 13.8 Å². The van der Waals surface area contributed by atoms with E-state index in [1.807, 2.05) is 0 Å². The molecule has 1 unspecified atom stereocenters. The van der Waals surface area contributed by atoms with E-state index in [4.69, 9.17) is 0 Å². The van der Waals surface area contributed by atoms with Crippen LogP contribution in [0.5, 0.6) is 0 Å². The highest BCUT2D eigenvalue weighted by atomic mass is 32.2. The molecule has 1 aromatic heterocycles. The van der Waals surface area contributed by atoms with E-state index in [9.17, 15) is 31.0 Å². The molecule has 11 heteroatoms. The lowest BCUT2D eigenvalue weighted by atomic mass is 9.99. The second-order valence-electron chi connectivity index (χ2n) is 8.03. The van der Waals surface area contributed by atoms with E-state index in [0.717, 1.165) is 0 Å². The zero-order valence-corrected chi connectivity index (χ0v) is 19.2. The summed E-state index contributed by atoms with van der Waals surface area (Å²) in [4.78, 5) is 19.2. The van der Waals surface area contributed by atoms with Crippen molar-refractivity contribution in [1.82, 2.24) is 4.98 Å². The third-order valence-electron chi connectivity index (χ3n) is 5.56. The number of carbonyl (C=O) groups excluding carboxylic acids is 1. The fourth-order valence-electron chi connectivity index (χ4n) is 3.98. The number of amides is 1. The minimum atomic E-state index is -4.75. The molecule has 0 radical (unpaired) electrons. The highest BCUT2D eigenvalue weighted by molar-refractivity contribution is 7.84. The number of hydrogen-bond acceptors (Lipinski definition) is 4. The second-order valence-corrected chi connectivity index (χ2v) is 9.41. The summed E-state index contributed by atoms with van der Waals surface area (Å²) in [6.07, 6.45) is -4.01. The van der Waals surface area contributed by atoms with Crippen molar-refractivity contribution < 1.29 is 31.0 Å². The van der Waals surface area contributed by atoms with Crippen LogP contribution >= 0.6 is 0 Å². The molecule has 180 valence electrons. The summed E-state index contributed by atoms with van der Waals surface area (Å²) in [5.41, 5.74) is -1.75. The van der Waals surface area contributed by atoms with Crippen molar-refractivity contribution >= 4 is 28.2 Å². The Kier molecular flexibility index (Phi) is 7.11. The van der Waals surface area contributed by atoms with Crippen LogP contribution < -0.4 is 10.2 Å². The molecule has 1 aliphatic heterocycles. The topological polar surface area (TPSA) is 62.3 Å². The Balaban J connectivity index is 2.10. The first-order chi connectivity index (χ1) is 15.3. The minimum Gasteiger partial charge on any atom is -0.356 e. The quantitative estimate of drug-likeness (QED) is 0.590. The van der Waals surface area contributed by atoms with Crippen molar-refractivity contribution in [2.75, 3.05) is 29.6 Å². The molecule has 0 bridgehead atoms. The number of halogens is 5. The first-order valence-corrected chi connectivity index (χ1v) is 11.8. The predicted octanol–water partition coefficient (Wildman–Crippen LogP) is 5.33. The van der Waals surface area contributed by atoms with E-state index < -0.39 is 40.8 Å². The van der Waals surface area contributed by atoms with Crippen LogP contribution in [0, 0.1) is 13.8 Å². The molecule has 2 heterocycles. The van der Waals surface area contributed by atoms with E-state index in [2.05, 4.69) is 10.3 Å². The van der Waals surface area contributed by atoms with Gasteiger partial charge in [0.15, 0.2) is 0 Å². The number of benzene rings is 1. The van der Waals surface area contributed by atoms with Gasteiger partial charge >= 0.3 is 6.18 Å². The third-order valence-corrected chi connectivity index (χ3v) is 6.48. The average Bonchev–Trinajstić information content (AvgIpc) is 2.86. The molecule has 1 aliphatic rings. The number of alkyl halides is 5. The van der Waals surface area contributed by atoms with Gasteiger partial charge in [-0.05, 0) is 44.0 Å². The van der Waals surface area contributed by atoms with Crippen LogP contribution in [0.15, 0.2) is 29.2 Å². The van der Waals surface area contributed by atoms with E-state index in [1.54, 1.807) is 12.1 Å². The normalized spacial score (nSPS) is 17.4. The van der Waals surface area contributed by atoms with Gasteiger partial charge in [-0.3, -0.25) is 9.00 Å². The Morgan fingerprint density at radius 3 is 2.52 bits per heavy atom. The van der Waals surface area contributed by atoms with Crippen molar-refractivity contribution in [2.24, 2.45) is 0 Å². The maximum absolute atomic E-state index is 13.9. The first-order valence-electron chi connectivity index (χ1n) is 10.3. The molecule has 5 nitrogen and oxygen atoms in total. The maximum Gasteiger partial charge on any atom is 0.418 e. The van der Waals surface area contributed by atoms with Gasteiger partial charge in [-0.15, -0.1) is 0 Å². The van der Waals surface area contributed by atoms with Gasteiger partial charge < -0.3 is 10.2 Å². The lowest BCUT2D eigenvalue weighted by molar-refractivity contribution is -0.138. The first kappa shape index (κ1) is 25.1. The number of pyridine rings is 1. The van der Waals surface area contributed by atoms with Gasteiger partial charge in [0, 0.05) is 53.6 Å². The molecule has 0 saturated carbocycles. The van der Waals surface area contributed by atoms with E-state index in [1.165, 1.54) is 37.1 Å². The van der Waals surface area contributed by atoms with Gasteiger partial charge in [-0.2, -0.15) is 13.2 Å². The number of carbonyl (C=O) groups is 1. The van der Waals surface area contributed by atoms with Crippen LogP contribution in [-0.2, 0) is 17.0 Å². The Hall–Kier alpha value is -2.56. The molecule has 1 aromatic carbocycles. The van der Waals surface area contributed by atoms with Crippen molar-refractivity contribution in [2.45, 2.75) is 50.1 Å². The molecule has 1 saturated heterocycles. The Bertz CT molecular complexity index is 1090. The summed E-state index contributed by atoms with van der Waals surface area (Å²) in [6, 6.07) is 6.13. The Morgan fingerprint density at radius 1 is 1.18 bits per heavy atom. The van der Waals surface area contributed by atoms with Crippen LogP contribution in [-0.4, -0.2) is 40.4 Å². The SMILES string of the molecule is Cc1nc(N2CCCC(F)(F)CC2)c(C(=O)Nc2cccc(S(C)=O)c2)c(C)c1C(F)(F)F. The second kappa shape index (κ2) is 9.36. The Morgan fingerprint density at radius 2 is 1.88 bits per heavy atom. The summed E-state index contributed by atoms with van der Waals surface area (Å²) in [5, 5.41) is 2.55. The van der Waals surface area contributed by atoms with Crippen LogP contribution in [0.3, 0.4) is 0 Å². The van der Waals surface area contributed by atoms with E-state index in [-0.39, 0.29) is 54.3 Å². The smallest absolute Gasteiger partial charge is 0.356 e. The van der Waals surface area contributed by atoms with Gasteiger partial charge in [0.2, 0.25) is 5.92 Å². The molecule has 0 aliphatic carbocycles. The third kappa shape index (κ3) is 5.69. The lowest BCUT2D eigenvalue weighted by Crippen LogP contribution is -2.31. The largest absolute Gasteiger partial charge is 0.418 e. The number of rotatable bonds is 4. The summed E-state index contributed by atoms with van der Waals surface area (Å²) in [5.74, 6) is -3.79. The van der Waals surface area contributed by atoms with Crippen molar-refractivity contribution in [3.63, 3.8) is 0 Å². The number of anilines is 2. The molecule has 0 spiro atoms. The number of nitrogens with zero attached hydrogens (tertiary/aromatic N) is 2. The molecule has 1 amide bonds. The van der Waals surface area contributed by atoms with Gasteiger partial charge in [0.1, 0.15) is 5.82 Å². The number of hydrogen-bond donors (Lipinski definition) is 1. The number of aromatic nitrogens is 1. The Labute approximate surface area is 190 Å². The fourth-order valence-corrected chi connectivity index (χ4v) is 4.54. The monoisotopic (exact) mass is 489 g/mol. The van der Waals surface area contributed by atoms with E-state index >= 15 is 0 Å². The molecule has 1 fully saturated rings. The zero-order chi connectivity index (χ0) is 24.6. The lowest BCUT2D eigenvalue weighted by Gasteiger charge is -2.27. The number of nitrogens with one attached hydrogen (secondary N) is 1. The predicted molar refractivity (Wildman–Crippen MR) is 116 cm³/mol. The van der Waals surface area contributed by atoms with Crippen molar-refractivity contribution in [1.29, 1.82) is 0 Å². The van der Waals surface area contributed by atoms with Gasteiger partial charge in [0.25, 0.3) is 5.91 Å². The molecule has 1 atom stereocenters. The summed E-state index contributed by atoms with van der Waals surface area (Å²) >= 11 is 0. The molecule has 2 aromatic rings. The summed E-state index contributed by atoms with van der Waals surface area (Å²) in [7, 11) is -1.33. The molecule has 3 rings (SSSR count). The van der Waals surface area contributed by atoms with Crippen LogP contribution in [0.4, 0.5) is 33.5 Å². The van der Waals surface area contributed by atoms with Crippen LogP contribution in [0.25, 0.3) is 0 Å². The van der Waals surface area contributed by atoms with E-state index in [0.29, 0.717) is 4.90 Å². The number of aryl methyl sites for hydroxylation is 1. The summed E-state index contributed by atoms with van der Waals surface area (Å²) < 4.78 is 80.7. The fraction of sp³-hybridized carbons (Fsp3) is 0.455. The summed E-state index contributed by atoms with van der Waals surface area (Å²) in [6.45, 7) is 2.36. The van der Waals surface area contributed by atoms with Crippen molar-refractivity contribution in [3.8, 4) is 0 Å². The van der Waals surface area contributed by atoms with Gasteiger partial charge in [0.05, 0.1) is 16.8 Å². The molecule has 33 heavy (non-hydrogen) atoms. The molecule has 1 N–H and O–H groups in total. The van der Waals surface area contributed by atoms with Gasteiger partial charge in [-0.1, -0.05) is 6.07 Å². The van der Waals surface area contributed by atoms with Crippen LogP contribution in [0.1, 0.15) is 46.4 Å². The van der Waals surface area contributed by atoms with Crippen LogP contribution in [0.2, 0.25) is 0 Å². The average molecular weight is 490 g/mol. The highest BCUT2D eigenvalue weighted by Crippen LogP contribution is 2.39. The van der Waals surface area contributed by atoms with Crippen molar-refractivity contribution in [3.05, 3.63) is 46.6 Å². The molecular formula is C22H24F5N3O2S. The molecular weight excluding hydrogens is 465 g/mol.